The minimum absolute atomic E-state index is 0.217. The van der Waals surface area contributed by atoms with E-state index in [-0.39, 0.29) is 5.75 Å². The van der Waals surface area contributed by atoms with Crippen LogP contribution in [-0.2, 0) is 0 Å². The van der Waals surface area contributed by atoms with Gasteiger partial charge in [0.15, 0.2) is 0 Å². The van der Waals surface area contributed by atoms with E-state index in [9.17, 15) is 5.11 Å². The highest BCUT2D eigenvalue weighted by molar-refractivity contribution is 5.80. The Kier molecular flexibility index (Phi) is 5.28. The molecule has 142 valence electrons. The molecule has 1 aliphatic heterocycles. The Morgan fingerprint density at radius 3 is 2.36 bits per heavy atom. The fourth-order valence-corrected chi connectivity index (χ4v) is 2.90. The average Bonchev–Trinajstić information content (AvgIpc) is 3.25. The lowest BCUT2D eigenvalue weighted by atomic mass is 10.2. The first-order chi connectivity index (χ1) is 13.8. The Morgan fingerprint density at radius 2 is 1.61 bits per heavy atom. The van der Waals surface area contributed by atoms with E-state index in [0.717, 1.165) is 37.2 Å². The van der Waals surface area contributed by atoms with E-state index in [1.54, 1.807) is 30.5 Å². The molecule has 8 heteroatoms. The number of anilines is 4. The molecule has 0 saturated carbocycles. The third-order valence-corrected chi connectivity index (χ3v) is 4.31. The Hall–Kier alpha value is -3.68. The lowest BCUT2D eigenvalue weighted by Gasteiger charge is -2.16. The van der Waals surface area contributed by atoms with Crippen LogP contribution in [0.5, 0.6) is 5.75 Å². The van der Waals surface area contributed by atoms with Crippen LogP contribution in [0, 0.1) is 0 Å². The van der Waals surface area contributed by atoms with Crippen LogP contribution in [0.25, 0.3) is 0 Å². The lowest BCUT2D eigenvalue weighted by molar-refractivity contribution is 0.475. The van der Waals surface area contributed by atoms with Crippen molar-refractivity contribution in [3.63, 3.8) is 0 Å². The molecule has 1 saturated heterocycles. The van der Waals surface area contributed by atoms with Gasteiger partial charge in [-0.25, -0.2) is 5.43 Å². The number of hydrazone groups is 1. The highest BCUT2D eigenvalue weighted by Crippen LogP contribution is 2.20. The maximum absolute atomic E-state index is 9.35. The SMILES string of the molecule is Oc1ccc(/C=N\Nc2nc(Nc3ccccc3)nc(N3CCCC3)n2)cc1. The van der Waals surface area contributed by atoms with Crippen LogP contribution in [-0.4, -0.2) is 39.4 Å². The van der Waals surface area contributed by atoms with E-state index >= 15 is 0 Å². The highest BCUT2D eigenvalue weighted by Gasteiger charge is 2.17. The smallest absolute Gasteiger partial charge is 0.250 e. The van der Waals surface area contributed by atoms with E-state index in [2.05, 4.69) is 35.7 Å². The summed E-state index contributed by atoms with van der Waals surface area (Å²) < 4.78 is 0. The van der Waals surface area contributed by atoms with Gasteiger partial charge in [-0.2, -0.15) is 20.1 Å². The van der Waals surface area contributed by atoms with Gasteiger partial charge in [-0.3, -0.25) is 0 Å². The maximum atomic E-state index is 9.35. The van der Waals surface area contributed by atoms with Gasteiger partial charge < -0.3 is 15.3 Å². The van der Waals surface area contributed by atoms with Gasteiger partial charge in [-0.1, -0.05) is 18.2 Å². The number of phenols is 1. The molecule has 3 aromatic rings. The van der Waals surface area contributed by atoms with Gasteiger partial charge in [0.25, 0.3) is 0 Å². The number of hydrogen-bond donors (Lipinski definition) is 3. The zero-order valence-corrected chi connectivity index (χ0v) is 15.3. The molecule has 0 aliphatic carbocycles. The van der Waals surface area contributed by atoms with Crippen molar-refractivity contribution in [2.75, 3.05) is 28.7 Å². The van der Waals surface area contributed by atoms with Crippen molar-refractivity contribution < 1.29 is 5.11 Å². The van der Waals surface area contributed by atoms with Crippen LogP contribution >= 0.6 is 0 Å². The number of nitrogens with zero attached hydrogens (tertiary/aromatic N) is 5. The molecule has 1 fully saturated rings. The van der Waals surface area contributed by atoms with Crippen molar-refractivity contribution in [1.82, 2.24) is 15.0 Å². The number of rotatable bonds is 6. The molecule has 28 heavy (non-hydrogen) atoms. The molecule has 0 radical (unpaired) electrons. The second-order valence-electron chi connectivity index (χ2n) is 6.43. The fourth-order valence-electron chi connectivity index (χ4n) is 2.90. The van der Waals surface area contributed by atoms with Gasteiger partial charge >= 0.3 is 0 Å². The molecule has 0 unspecified atom stereocenters. The number of para-hydroxylation sites is 1. The zero-order chi connectivity index (χ0) is 19.2. The molecule has 0 bridgehead atoms. The van der Waals surface area contributed by atoms with E-state index in [1.165, 1.54) is 0 Å². The average molecular weight is 375 g/mol. The van der Waals surface area contributed by atoms with Crippen molar-refractivity contribution in [2.45, 2.75) is 12.8 Å². The monoisotopic (exact) mass is 375 g/mol. The minimum Gasteiger partial charge on any atom is -0.508 e. The molecule has 2 aromatic carbocycles. The molecule has 1 aromatic heterocycles. The molecule has 3 N–H and O–H groups in total. The van der Waals surface area contributed by atoms with Crippen molar-refractivity contribution >= 4 is 29.7 Å². The summed E-state index contributed by atoms with van der Waals surface area (Å²) in [5, 5.41) is 16.8. The van der Waals surface area contributed by atoms with Crippen molar-refractivity contribution in [1.29, 1.82) is 0 Å². The number of hydrogen-bond acceptors (Lipinski definition) is 8. The van der Waals surface area contributed by atoms with Crippen LogP contribution in [0.2, 0.25) is 0 Å². The maximum Gasteiger partial charge on any atom is 0.250 e. The number of phenolic OH excluding ortho intramolecular Hbond substituents is 1. The van der Waals surface area contributed by atoms with Gasteiger partial charge in [-0.05, 0) is 54.8 Å². The molecule has 1 aliphatic rings. The van der Waals surface area contributed by atoms with Crippen molar-refractivity contribution in [3.8, 4) is 5.75 Å². The summed E-state index contributed by atoms with van der Waals surface area (Å²) in [6, 6.07) is 16.5. The molecule has 4 rings (SSSR count). The topological polar surface area (TPSA) is 98.6 Å². The molecule has 2 heterocycles. The first-order valence-corrected chi connectivity index (χ1v) is 9.17. The van der Waals surface area contributed by atoms with Crippen LogP contribution in [0.1, 0.15) is 18.4 Å². The summed E-state index contributed by atoms with van der Waals surface area (Å²) in [6.07, 6.45) is 3.91. The normalized spacial score (nSPS) is 13.8. The van der Waals surface area contributed by atoms with Crippen LogP contribution < -0.4 is 15.6 Å². The molecule has 0 amide bonds. The third-order valence-electron chi connectivity index (χ3n) is 4.31. The summed E-state index contributed by atoms with van der Waals surface area (Å²) in [4.78, 5) is 15.6. The quantitative estimate of drug-likeness (QED) is 0.449. The zero-order valence-electron chi connectivity index (χ0n) is 15.3. The largest absolute Gasteiger partial charge is 0.508 e. The summed E-state index contributed by atoms with van der Waals surface area (Å²) >= 11 is 0. The number of aromatic nitrogens is 3. The third kappa shape index (κ3) is 4.53. The summed E-state index contributed by atoms with van der Waals surface area (Å²) in [7, 11) is 0. The highest BCUT2D eigenvalue weighted by atomic mass is 16.3. The van der Waals surface area contributed by atoms with Crippen molar-refractivity contribution in [3.05, 3.63) is 60.2 Å². The van der Waals surface area contributed by atoms with E-state index in [4.69, 9.17) is 0 Å². The molecule has 8 nitrogen and oxygen atoms in total. The Balaban J connectivity index is 1.55. The second-order valence-corrected chi connectivity index (χ2v) is 6.43. The van der Waals surface area contributed by atoms with Crippen LogP contribution in [0.15, 0.2) is 59.7 Å². The predicted octanol–water partition coefficient (Wildman–Crippen LogP) is 3.37. The van der Waals surface area contributed by atoms with E-state index < -0.39 is 0 Å². The second kappa shape index (κ2) is 8.34. The molecule has 0 atom stereocenters. The minimum atomic E-state index is 0.217. The Bertz CT molecular complexity index is 939. The number of benzene rings is 2. The Morgan fingerprint density at radius 1 is 0.893 bits per heavy atom. The number of aromatic hydroxyl groups is 1. The summed E-state index contributed by atoms with van der Waals surface area (Å²) in [6.45, 7) is 1.87. The van der Waals surface area contributed by atoms with Gasteiger partial charge in [0.1, 0.15) is 5.75 Å². The summed E-state index contributed by atoms with van der Waals surface area (Å²) in [5.41, 5.74) is 4.63. The number of nitrogens with one attached hydrogen (secondary N) is 2. The summed E-state index contributed by atoms with van der Waals surface area (Å²) in [5.74, 6) is 1.68. The van der Waals surface area contributed by atoms with E-state index in [0.29, 0.717) is 17.8 Å². The van der Waals surface area contributed by atoms with Gasteiger partial charge in [0.2, 0.25) is 17.8 Å². The molecular weight excluding hydrogens is 354 g/mol. The Labute approximate surface area is 163 Å². The molecular formula is C20H21N7O. The predicted molar refractivity (Wildman–Crippen MR) is 110 cm³/mol. The van der Waals surface area contributed by atoms with Crippen molar-refractivity contribution in [2.24, 2.45) is 5.10 Å². The first kappa shape index (κ1) is 17.7. The standard InChI is InChI=1S/C20H21N7O/c28-17-10-8-15(9-11-17)14-21-26-19-23-18(22-16-6-2-1-3-7-16)24-20(25-19)27-12-4-5-13-27/h1-3,6-11,14,28H,4-5,12-13H2,(H2,22,23,24,25,26)/b21-14-. The fraction of sp³-hybridized carbons (Fsp3) is 0.200. The van der Waals surface area contributed by atoms with Gasteiger partial charge in [-0.15, -0.1) is 0 Å². The van der Waals surface area contributed by atoms with Crippen LogP contribution in [0.3, 0.4) is 0 Å². The van der Waals surface area contributed by atoms with Gasteiger partial charge in [0, 0.05) is 18.8 Å². The van der Waals surface area contributed by atoms with E-state index in [1.807, 2.05) is 30.3 Å². The van der Waals surface area contributed by atoms with Gasteiger partial charge in [0.05, 0.1) is 6.21 Å². The first-order valence-electron chi connectivity index (χ1n) is 9.17. The lowest BCUT2D eigenvalue weighted by Crippen LogP contribution is -2.21. The molecule has 0 spiro atoms. The van der Waals surface area contributed by atoms with Crippen LogP contribution in [0.4, 0.5) is 23.5 Å².